The van der Waals surface area contributed by atoms with Crippen LogP contribution >= 0.6 is 0 Å². The van der Waals surface area contributed by atoms with Gasteiger partial charge in [0.05, 0.1) is 6.04 Å². The van der Waals surface area contributed by atoms with E-state index in [1.807, 2.05) is 51.1 Å². The maximum atomic E-state index is 12.8. The second-order valence-corrected chi connectivity index (χ2v) is 7.94. The molecule has 158 valence electrons. The highest BCUT2D eigenvalue weighted by molar-refractivity contribution is 5.88. The number of hydrogen-bond acceptors (Lipinski definition) is 2. The molecule has 0 aliphatic rings. The van der Waals surface area contributed by atoms with Crippen LogP contribution in [0.4, 0.5) is 0 Å². The molecule has 0 aliphatic carbocycles. The Morgan fingerprint density at radius 3 is 2.07 bits per heavy atom. The first-order valence-electron chi connectivity index (χ1n) is 11.1. The molecule has 1 aromatic carbocycles. The SMILES string of the molecule is CCCCCCCCCC(=O)NC(C(=O)NC(C)c1ccccc1)C(C)CC. The van der Waals surface area contributed by atoms with Crippen LogP contribution in [0.25, 0.3) is 0 Å². The fraction of sp³-hybridized carbons (Fsp3) is 0.667. The first kappa shape index (κ1) is 24.2. The fourth-order valence-electron chi connectivity index (χ4n) is 3.32. The van der Waals surface area contributed by atoms with Crippen LogP contribution in [0.1, 0.15) is 97.1 Å². The molecule has 0 spiro atoms. The minimum atomic E-state index is -0.479. The minimum Gasteiger partial charge on any atom is -0.348 e. The molecule has 0 aromatic heterocycles. The third-order valence-electron chi connectivity index (χ3n) is 5.48. The molecule has 1 aromatic rings. The molecule has 0 radical (unpaired) electrons. The number of nitrogens with one attached hydrogen (secondary N) is 2. The minimum absolute atomic E-state index is 0.0126. The smallest absolute Gasteiger partial charge is 0.243 e. The van der Waals surface area contributed by atoms with Crippen LogP contribution in [0.5, 0.6) is 0 Å². The van der Waals surface area contributed by atoms with Gasteiger partial charge in [-0.2, -0.15) is 0 Å². The predicted octanol–water partition coefficient (Wildman–Crippen LogP) is 5.54. The summed E-state index contributed by atoms with van der Waals surface area (Å²) in [5.41, 5.74) is 1.06. The van der Waals surface area contributed by atoms with E-state index in [9.17, 15) is 9.59 Å². The molecule has 3 atom stereocenters. The zero-order valence-electron chi connectivity index (χ0n) is 18.3. The van der Waals surface area contributed by atoms with Crippen molar-refractivity contribution in [2.45, 2.75) is 97.6 Å². The average Bonchev–Trinajstić information content (AvgIpc) is 2.71. The Morgan fingerprint density at radius 2 is 1.46 bits per heavy atom. The van der Waals surface area contributed by atoms with Crippen LogP contribution in [0.3, 0.4) is 0 Å². The van der Waals surface area contributed by atoms with E-state index >= 15 is 0 Å². The second-order valence-electron chi connectivity index (χ2n) is 7.94. The van der Waals surface area contributed by atoms with E-state index in [0.717, 1.165) is 24.8 Å². The lowest BCUT2D eigenvalue weighted by atomic mass is 9.97. The summed E-state index contributed by atoms with van der Waals surface area (Å²) < 4.78 is 0. The molecule has 4 nitrogen and oxygen atoms in total. The normalized spacial score (nSPS) is 14.1. The van der Waals surface area contributed by atoms with E-state index in [1.165, 1.54) is 32.1 Å². The number of unbranched alkanes of at least 4 members (excludes halogenated alkanes) is 6. The molecule has 2 N–H and O–H groups in total. The van der Waals surface area contributed by atoms with E-state index in [1.54, 1.807) is 0 Å². The highest BCUT2D eigenvalue weighted by Crippen LogP contribution is 2.15. The van der Waals surface area contributed by atoms with Gasteiger partial charge >= 0.3 is 0 Å². The van der Waals surface area contributed by atoms with Gasteiger partial charge in [0.2, 0.25) is 11.8 Å². The second kappa shape index (κ2) is 14.2. The summed E-state index contributed by atoms with van der Waals surface area (Å²) in [6.07, 6.45) is 9.62. The quantitative estimate of drug-likeness (QED) is 0.411. The summed E-state index contributed by atoms with van der Waals surface area (Å²) in [6.45, 7) is 8.26. The Bertz CT molecular complexity index is 559. The molecular weight excluding hydrogens is 348 g/mol. The third kappa shape index (κ3) is 9.38. The first-order valence-corrected chi connectivity index (χ1v) is 11.1. The van der Waals surface area contributed by atoms with Crippen LogP contribution in [-0.2, 0) is 9.59 Å². The fourth-order valence-corrected chi connectivity index (χ4v) is 3.32. The Labute approximate surface area is 171 Å². The molecule has 4 heteroatoms. The molecular formula is C24H40N2O2. The van der Waals surface area contributed by atoms with Crippen molar-refractivity contribution in [2.24, 2.45) is 5.92 Å². The summed E-state index contributed by atoms with van der Waals surface area (Å²) in [4.78, 5) is 25.2. The third-order valence-corrected chi connectivity index (χ3v) is 5.48. The van der Waals surface area contributed by atoms with E-state index in [0.29, 0.717) is 6.42 Å². The van der Waals surface area contributed by atoms with Crippen molar-refractivity contribution in [1.29, 1.82) is 0 Å². The molecule has 0 saturated heterocycles. The highest BCUT2D eigenvalue weighted by atomic mass is 16.2. The van der Waals surface area contributed by atoms with Gasteiger partial charge < -0.3 is 10.6 Å². The number of hydrogen-bond donors (Lipinski definition) is 2. The number of carbonyl (C=O) groups excluding carboxylic acids is 2. The van der Waals surface area contributed by atoms with Crippen LogP contribution in [0, 0.1) is 5.92 Å². The van der Waals surface area contributed by atoms with Crippen molar-refractivity contribution in [2.75, 3.05) is 0 Å². The lowest BCUT2D eigenvalue weighted by Crippen LogP contribution is -2.50. The van der Waals surface area contributed by atoms with Crippen molar-refractivity contribution < 1.29 is 9.59 Å². The van der Waals surface area contributed by atoms with E-state index < -0.39 is 6.04 Å². The molecule has 28 heavy (non-hydrogen) atoms. The predicted molar refractivity (Wildman–Crippen MR) is 117 cm³/mol. The molecule has 0 aliphatic heterocycles. The molecule has 0 heterocycles. The Morgan fingerprint density at radius 1 is 0.857 bits per heavy atom. The number of carbonyl (C=O) groups is 2. The van der Waals surface area contributed by atoms with E-state index in [2.05, 4.69) is 17.6 Å². The van der Waals surface area contributed by atoms with Crippen molar-refractivity contribution in [1.82, 2.24) is 10.6 Å². The molecule has 1 rings (SSSR count). The van der Waals surface area contributed by atoms with Crippen LogP contribution in [0.2, 0.25) is 0 Å². The van der Waals surface area contributed by atoms with Crippen LogP contribution < -0.4 is 10.6 Å². The van der Waals surface area contributed by atoms with Crippen molar-refractivity contribution >= 4 is 11.8 Å². The van der Waals surface area contributed by atoms with Crippen molar-refractivity contribution in [3.63, 3.8) is 0 Å². The van der Waals surface area contributed by atoms with Gasteiger partial charge in [-0.1, -0.05) is 96.0 Å². The topological polar surface area (TPSA) is 58.2 Å². The zero-order chi connectivity index (χ0) is 20.8. The van der Waals surface area contributed by atoms with E-state index in [-0.39, 0.29) is 23.8 Å². The van der Waals surface area contributed by atoms with Crippen LogP contribution in [-0.4, -0.2) is 17.9 Å². The van der Waals surface area contributed by atoms with Crippen LogP contribution in [0.15, 0.2) is 30.3 Å². The maximum Gasteiger partial charge on any atom is 0.243 e. The van der Waals surface area contributed by atoms with Gasteiger partial charge in [-0.15, -0.1) is 0 Å². The first-order chi connectivity index (χ1) is 13.5. The molecule has 0 saturated carbocycles. The van der Waals surface area contributed by atoms with Crippen molar-refractivity contribution in [3.05, 3.63) is 35.9 Å². The summed E-state index contributed by atoms with van der Waals surface area (Å²) in [6, 6.07) is 9.34. The summed E-state index contributed by atoms with van der Waals surface area (Å²) >= 11 is 0. The van der Waals surface area contributed by atoms with Gasteiger partial charge in [0, 0.05) is 6.42 Å². The zero-order valence-corrected chi connectivity index (χ0v) is 18.3. The molecule has 0 bridgehead atoms. The summed E-state index contributed by atoms with van der Waals surface area (Å²) in [5.74, 6) is -0.0130. The lowest BCUT2D eigenvalue weighted by Gasteiger charge is -2.25. The van der Waals surface area contributed by atoms with Gasteiger partial charge in [0.1, 0.15) is 6.04 Å². The van der Waals surface area contributed by atoms with Gasteiger partial charge in [-0.3, -0.25) is 9.59 Å². The van der Waals surface area contributed by atoms with Gasteiger partial charge in [0.25, 0.3) is 0 Å². The number of rotatable bonds is 14. The van der Waals surface area contributed by atoms with Gasteiger partial charge in [0.15, 0.2) is 0 Å². The number of benzene rings is 1. The van der Waals surface area contributed by atoms with Gasteiger partial charge in [-0.05, 0) is 24.8 Å². The Hall–Kier alpha value is -1.84. The summed E-state index contributed by atoms with van der Waals surface area (Å²) in [5, 5.41) is 6.04. The van der Waals surface area contributed by atoms with E-state index in [4.69, 9.17) is 0 Å². The molecule has 3 unspecified atom stereocenters. The largest absolute Gasteiger partial charge is 0.348 e. The Kier molecular flexibility index (Phi) is 12.3. The number of amides is 2. The molecule has 2 amide bonds. The maximum absolute atomic E-state index is 12.8. The monoisotopic (exact) mass is 388 g/mol. The van der Waals surface area contributed by atoms with Crippen molar-refractivity contribution in [3.8, 4) is 0 Å². The summed E-state index contributed by atoms with van der Waals surface area (Å²) in [7, 11) is 0. The molecule has 0 fully saturated rings. The Balaban J connectivity index is 2.46. The highest BCUT2D eigenvalue weighted by Gasteiger charge is 2.26. The standard InChI is InChI=1S/C24H40N2O2/c1-5-7-8-9-10-11-15-18-22(27)26-23(19(3)6-2)24(28)25-20(4)21-16-13-12-14-17-21/h12-14,16-17,19-20,23H,5-11,15,18H2,1-4H3,(H,25,28)(H,26,27). The van der Waals surface area contributed by atoms with Gasteiger partial charge in [-0.25, -0.2) is 0 Å². The average molecular weight is 389 g/mol. The lowest BCUT2D eigenvalue weighted by molar-refractivity contribution is -0.130.